The molecule has 1 aromatic rings. The highest BCUT2D eigenvalue weighted by molar-refractivity contribution is 7.13. The third-order valence-corrected chi connectivity index (χ3v) is 7.58. The number of aliphatic hydroxyl groups excluding tert-OH is 1. The summed E-state index contributed by atoms with van der Waals surface area (Å²) >= 11 is 7.93. The van der Waals surface area contributed by atoms with Gasteiger partial charge >= 0.3 is 5.97 Å². The molecule has 154 valence electrons. The molecule has 0 saturated heterocycles. The molecule has 0 bridgehead atoms. The van der Waals surface area contributed by atoms with Gasteiger partial charge in [0.2, 0.25) is 0 Å². The van der Waals surface area contributed by atoms with Gasteiger partial charge in [0.05, 0.1) is 6.10 Å². The second kappa shape index (κ2) is 12.1. The predicted molar refractivity (Wildman–Crippen MR) is 114 cm³/mol. The van der Waals surface area contributed by atoms with E-state index in [0.717, 1.165) is 37.0 Å². The number of carboxylic acid groups (broad SMARTS) is 1. The van der Waals surface area contributed by atoms with Gasteiger partial charge in [-0.3, -0.25) is 0 Å². The molecule has 1 aliphatic carbocycles. The van der Waals surface area contributed by atoms with Crippen LogP contribution in [0.15, 0.2) is 12.1 Å². The predicted octanol–water partition coefficient (Wildman–Crippen LogP) is 6.51. The SMILES string of the molecule is CCCCCCCCC[C@@H]1[C@@H](CCCc2ccc(C(=O)O)s2)[C@@H](Cl)C[C@H]1O. The van der Waals surface area contributed by atoms with Crippen LogP contribution in [0.3, 0.4) is 0 Å². The van der Waals surface area contributed by atoms with Crippen molar-refractivity contribution in [3.8, 4) is 0 Å². The van der Waals surface area contributed by atoms with Crippen molar-refractivity contribution in [2.75, 3.05) is 0 Å². The van der Waals surface area contributed by atoms with Gasteiger partial charge in [0, 0.05) is 10.3 Å². The zero-order chi connectivity index (χ0) is 19.6. The first kappa shape index (κ1) is 22.7. The van der Waals surface area contributed by atoms with Gasteiger partial charge in [-0.1, -0.05) is 51.9 Å². The number of carboxylic acids is 1. The maximum absolute atomic E-state index is 11.0. The van der Waals surface area contributed by atoms with E-state index in [9.17, 15) is 9.90 Å². The number of aromatic carboxylic acids is 1. The van der Waals surface area contributed by atoms with Gasteiger partial charge in [0.15, 0.2) is 0 Å². The molecule has 4 atom stereocenters. The molecular formula is C22H35ClO3S. The minimum Gasteiger partial charge on any atom is -0.477 e. The number of thiophene rings is 1. The molecule has 2 rings (SSSR count). The Labute approximate surface area is 173 Å². The van der Waals surface area contributed by atoms with Crippen LogP contribution in [-0.4, -0.2) is 27.7 Å². The average molecular weight is 415 g/mol. The van der Waals surface area contributed by atoms with E-state index in [1.54, 1.807) is 6.07 Å². The Balaban J connectivity index is 1.71. The van der Waals surface area contributed by atoms with Gasteiger partial charge < -0.3 is 10.2 Å². The van der Waals surface area contributed by atoms with Crippen LogP contribution in [-0.2, 0) is 6.42 Å². The van der Waals surface area contributed by atoms with Gasteiger partial charge in [-0.15, -0.1) is 22.9 Å². The number of alkyl halides is 1. The molecule has 1 fully saturated rings. The Morgan fingerprint density at radius 1 is 1.07 bits per heavy atom. The molecule has 3 nitrogen and oxygen atoms in total. The van der Waals surface area contributed by atoms with Crippen molar-refractivity contribution >= 4 is 28.9 Å². The number of hydrogen-bond donors (Lipinski definition) is 2. The summed E-state index contributed by atoms with van der Waals surface area (Å²) in [4.78, 5) is 12.5. The quantitative estimate of drug-likeness (QED) is 0.285. The van der Waals surface area contributed by atoms with Crippen molar-refractivity contribution in [3.63, 3.8) is 0 Å². The fourth-order valence-electron chi connectivity index (χ4n) is 4.41. The van der Waals surface area contributed by atoms with Gasteiger partial charge in [-0.05, 0) is 56.1 Å². The molecule has 0 radical (unpaired) electrons. The molecule has 1 heterocycles. The van der Waals surface area contributed by atoms with Gasteiger partial charge in [-0.25, -0.2) is 4.79 Å². The van der Waals surface area contributed by atoms with Crippen LogP contribution in [0, 0.1) is 11.8 Å². The maximum Gasteiger partial charge on any atom is 0.345 e. The monoisotopic (exact) mass is 414 g/mol. The van der Waals surface area contributed by atoms with E-state index in [0.29, 0.717) is 16.7 Å². The molecule has 0 unspecified atom stereocenters. The molecule has 5 heteroatoms. The van der Waals surface area contributed by atoms with Crippen molar-refractivity contribution in [2.45, 2.75) is 95.5 Å². The zero-order valence-corrected chi connectivity index (χ0v) is 18.1. The summed E-state index contributed by atoms with van der Waals surface area (Å²) < 4.78 is 0. The molecular weight excluding hydrogens is 380 g/mol. The van der Waals surface area contributed by atoms with Crippen molar-refractivity contribution in [1.82, 2.24) is 0 Å². The lowest BCUT2D eigenvalue weighted by atomic mass is 9.85. The van der Waals surface area contributed by atoms with Crippen molar-refractivity contribution in [2.24, 2.45) is 11.8 Å². The van der Waals surface area contributed by atoms with Crippen molar-refractivity contribution < 1.29 is 15.0 Å². The minimum atomic E-state index is -0.847. The van der Waals surface area contributed by atoms with Crippen LogP contribution < -0.4 is 0 Å². The molecule has 0 aliphatic heterocycles. The molecule has 2 N–H and O–H groups in total. The zero-order valence-electron chi connectivity index (χ0n) is 16.5. The Morgan fingerprint density at radius 3 is 2.41 bits per heavy atom. The number of unbranched alkanes of at least 4 members (excludes halogenated alkanes) is 6. The van der Waals surface area contributed by atoms with Gasteiger partial charge in [0.1, 0.15) is 4.88 Å². The average Bonchev–Trinajstić information content (AvgIpc) is 3.20. The van der Waals surface area contributed by atoms with Crippen LogP contribution >= 0.6 is 22.9 Å². The first-order chi connectivity index (χ1) is 13.0. The standard InChI is InChI=1S/C22H35ClO3S/c1-2-3-4-5-6-7-8-11-18-17(19(23)15-20(18)24)12-9-10-16-13-14-21(27-16)22(25)26/h13-14,17-20,24H,2-12,15H2,1H3,(H,25,26)/t17-,18-,19+,20-/m1/s1. The highest BCUT2D eigenvalue weighted by Crippen LogP contribution is 2.42. The fraction of sp³-hybridized carbons (Fsp3) is 0.773. The Bertz CT molecular complexity index is 560. The molecule has 0 amide bonds. The molecule has 0 aromatic carbocycles. The van der Waals surface area contributed by atoms with Crippen LogP contribution in [0.4, 0.5) is 0 Å². The van der Waals surface area contributed by atoms with E-state index in [4.69, 9.17) is 16.7 Å². The first-order valence-corrected chi connectivity index (χ1v) is 11.9. The van der Waals surface area contributed by atoms with E-state index in [2.05, 4.69) is 6.92 Å². The molecule has 1 aromatic heterocycles. The maximum atomic E-state index is 11.0. The van der Waals surface area contributed by atoms with Crippen LogP contribution in [0.5, 0.6) is 0 Å². The van der Waals surface area contributed by atoms with E-state index in [1.807, 2.05) is 6.07 Å². The lowest BCUT2D eigenvalue weighted by Crippen LogP contribution is -2.21. The van der Waals surface area contributed by atoms with E-state index in [1.165, 1.54) is 56.3 Å². The fourth-order valence-corrected chi connectivity index (χ4v) is 5.80. The third kappa shape index (κ3) is 7.40. The van der Waals surface area contributed by atoms with E-state index < -0.39 is 5.97 Å². The molecule has 0 spiro atoms. The summed E-state index contributed by atoms with van der Waals surface area (Å²) in [7, 11) is 0. The Kier molecular flexibility index (Phi) is 10.2. The van der Waals surface area contributed by atoms with Crippen LogP contribution in [0.1, 0.15) is 92.1 Å². The molecule has 1 saturated carbocycles. The number of carbonyl (C=O) groups is 1. The second-order valence-electron chi connectivity index (χ2n) is 8.02. The molecule has 27 heavy (non-hydrogen) atoms. The lowest BCUT2D eigenvalue weighted by molar-refractivity contribution is 0.0702. The summed E-state index contributed by atoms with van der Waals surface area (Å²) in [5.41, 5.74) is 0. The lowest BCUT2D eigenvalue weighted by Gasteiger charge is -2.23. The number of aliphatic hydroxyl groups is 1. The normalized spacial score (nSPS) is 25.1. The van der Waals surface area contributed by atoms with Gasteiger partial charge in [-0.2, -0.15) is 0 Å². The molecule has 1 aliphatic rings. The number of halogens is 1. The van der Waals surface area contributed by atoms with E-state index >= 15 is 0 Å². The minimum absolute atomic E-state index is 0.0764. The topological polar surface area (TPSA) is 57.5 Å². The summed E-state index contributed by atoms with van der Waals surface area (Å²) in [6.07, 6.45) is 13.6. The second-order valence-corrected chi connectivity index (χ2v) is 9.75. The van der Waals surface area contributed by atoms with Crippen LogP contribution in [0.2, 0.25) is 0 Å². The third-order valence-electron chi connectivity index (χ3n) is 5.95. The summed E-state index contributed by atoms with van der Waals surface area (Å²) in [5.74, 6) is -0.123. The largest absolute Gasteiger partial charge is 0.477 e. The Hall–Kier alpha value is -0.580. The van der Waals surface area contributed by atoms with Crippen molar-refractivity contribution in [1.29, 1.82) is 0 Å². The summed E-state index contributed by atoms with van der Waals surface area (Å²) in [6.45, 7) is 2.24. The number of hydrogen-bond acceptors (Lipinski definition) is 3. The van der Waals surface area contributed by atoms with E-state index in [-0.39, 0.29) is 11.5 Å². The van der Waals surface area contributed by atoms with Crippen LogP contribution in [0.25, 0.3) is 0 Å². The number of rotatable bonds is 13. The Morgan fingerprint density at radius 2 is 1.74 bits per heavy atom. The first-order valence-electron chi connectivity index (χ1n) is 10.7. The highest BCUT2D eigenvalue weighted by Gasteiger charge is 2.40. The van der Waals surface area contributed by atoms with Crippen molar-refractivity contribution in [3.05, 3.63) is 21.9 Å². The van der Waals surface area contributed by atoms with Gasteiger partial charge in [0.25, 0.3) is 0 Å². The summed E-state index contributed by atoms with van der Waals surface area (Å²) in [6, 6.07) is 3.61. The summed E-state index contributed by atoms with van der Waals surface area (Å²) in [5, 5.41) is 19.5. The number of aryl methyl sites for hydroxylation is 1. The highest BCUT2D eigenvalue weighted by atomic mass is 35.5. The smallest absolute Gasteiger partial charge is 0.345 e.